The molecule has 2 unspecified atom stereocenters. The number of aromatic hydroxyl groups is 1. The number of alkyl halides is 3. The van der Waals surface area contributed by atoms with Gasteiger partial charge in [0.1, 0.15) is 28.6 Å². The number of nitrogens with zero attached hydrogens (tertiary/aromatic N) is 2. The number of phenols is 1. The van der Waals surface area contributed by atoms with Crippen molar-refractivity contribution in [2.45, 2.75) is 51.6 Å². The van der Waals surface area contributed by atoms with Gasteiger partial charge >= 0.3 is 6.36 Å². The first kappa shape index (κ1) is 28.9. The molecule has 10 nitrogen and oxygen atoms in total. The summed E-state index contributed by atoms with van der Waals surface area (Å²) in [6.07, 6.45) is -3.48. The molecule has 1 aromatic rings. The minimum absolute atomic E-state index is 0.0225. The number of hydrogen-bond donors (Lipinski definition) is 4. The van der Waals surface area contributed by atoms with Gasteiger partial charge in [0.05, 0.1) is 17.5 Å². The number of carbonyl (C=O) groups excluding carboxylic acids is 3. The second kappa shape index (κ2) is 10.4. The van der Waals surface area contributed by atoms with Crippen LogP contribution in [0.2, 0.25) is 0 Å². The summed E-state index contributed by atoms with van der Waals surface area (Å²) < 4.78 is 45.4. The van der Waals surface area contributed by atoms with Crippen molar-refractivity contribution in [2.75, 3.05) is 26.7 Å². The van der Waals surface area contributed by atoms with Crippen LogP contribution in [0, 0.1) is 17.8 Å². The zero-order chi connectivity index (χ0) is 30.0. The van der Waals surface area contributed by atoms with Crippen molar-refractivity contribution in [3.8, 4) is 11.5 Å². The highest BCUT2D eigenvalue weighted by Crippen LogP contribution is 2.52. The number of halogens is 3. The van der Waals surface area contributed by atoms with E-state index in [1.165, 1.54) is 0 Å². The number of nitrogens with two attached hydrogens (primary N) is 1. The van der Waals surface area contributed by atoms with Crippen LogP contribution in [0.15, 0.2) is 28.7 Å². The van der Waals surface area contributed by atoms with E-state index < -0.39 is 81.8 Å². The molecule has 1 aromatic carbocycles. The predicted molar refractivity (Wildman–Crippen MR) is 138 cm³/mol. The van der Waals surface area contributed by atoms with Crippen molar-refractivity contribution >= 4 is 17.5 Å². The molecule has 4 atom stereocenters. The number of allylic oxidation sites excluding steroid dienone is 2. The molecule has 1 amide bonds. The highest BCUT2D eigenvalue weighted by molar-refractivity contribution is 6.22. The van der Waals surface area contributed by atoms with E-state index in [0.717, 1.165) is 18.9 Å². The molecule has 13 heteroatoms. The van der Waals surface area contributed by atoms with Gasteiger partial charge in [0.25, 0.3) is 5.91 Å². The fourth-order valence-electron chi connectivity index (χ4n) is 7.03. The Balaban J connectivity index is 1.66. The fraction of sp³-hybridized carbons (Fsp3) is 0.536. The lowest BCUT2D eigenvalue weighted by Gasteiger charge is -2.46. The van der Waals surface area contributed by atoms with E-state index >= 15 is 0 Å². The van der Waals surface area contributed by atoms with Crippen LogP contribution in [0.3, 0.4) is 0 Å². The maximum Gasteiger partial charge on any atom is 0.573 e. The van der Waals surface area contributed by atoms with E-state index in [1.54, 1.807) is 18.9 Å². The van der Waals surface area contributed by atoms with Crippen LogP contribution in [0.25, 0.3) is 0 Å². The van der Waals surface area contributed by atoms with E-state index in [0.29, 0.717) is 19.6 Å². The van der Waals surface area contributed by atoms with Crippen LogP contribution in [0.5, 0.6) is 11.5 Å². The van der Waals surface area contributed by atoms with Gasteiger partial charge in [-0.2, -0.15) is 0 Å². The van der Waals surface area contributed by atoms with Crippen LogP contribution in [0.1, 0.15) is 47.7 Å². The summed E-state index contributed by atoms with van der Waals surface area (Å²) >= 11 is 0. The first-order valence-electron chi connectivity index (χ1n) is 13.6. The van der Waals surface area contributed by atoms with Crippen molar-refractivity contribution < 1.29 is 47.6 Å². The van der Waals surface area contributed by atoms with Crippen LogP contribution < -0.4 is 10.5 Å². The second-order valence-corrected chi connectivity index (χ2v) is 11.2. The van der Waals surface area contributed by atoms with Gasteiger partial charge in [-0.25, -0.2) is 0 Å². The number of likely N-dealkylation sites (tertiary alicyclic amines) is 1. The maximum atomic E-state index is 13.8. The Morgan fingerprint density at radius 2 is 1.83 bits per heavy atom. The number of aliphatic hydroxyl groups is 2. The second-order valence-electron chi connectivity index (χ2n) is 11.2. The molecule has 0 aromatic heterocycles. The SMILES string of the molecule is CCN(C)[C@@H]1C(O)=C(C(N)=O)C(=O)C2C(O)=C3C(=O)c4c(O)cc(CN5CCCC5)c(OC(F)(F)F)c4C[C@H]3CC21. The lowest BCUT2D eigenvalue weighted by atomic mass is 9.60. The first-order valence-corrected chi connectivity index (χ1v) is 13.6. The molecular formula is C28H32F3N3O7. The summed E-state index contributed by atoms with van der Waals surface area (Å²) in [6, 6.07) is 0.162. The first-order chi connectivity index (χ1) is 19.2. The third-order valence-electron chi connectivity index (χ3n) is 8.82. The third-order valence-corrected chi connectivity index (χ3v) is 8.82. The van der Waals surface area contributed by atoms with Gasteiger partial charge in [-0.3, -0.25) is 24.2 Å². The summed E-state index contributed by atoms with van der Waals surface area (Å²) in [5.74, 6) is -8.36. The lowest BCUT2D eigenvalue weighted by molar-refractivity contribution is -0.275. The van der Waals surface area contributed by atoms with E-state index in [4.69, 9.17) is 5.73 Å². The Morgan fingerprint density at radius 3 is 2.41 bits per heavy atom. The molecule has 1 fully saturated rings. The standard InChI is InChI=1S/C28H32F3N3O7/c1-3-33(2)21-14-8-12-9-15-18(22(36)17(12)23(37)19(14)24(38)20(25(21)39)27(32)40)16(35)10-13(11-34-6-4-5-7-34)26(15)41-28(29,30)31/h10,12,14,19,21,35,37,39H,3-9,11H2,1-2H3,(H2,32,40)/t12-,14?,19?,21+/m1/s1. The molecule has 0 bridgehead atoms. The van der Waals surface area contributed by atoms with Crippen LogP contribution in [-0.4, -0.2) is 81.7 Å². The quantitative estimate of drug-likeness (QED) is 0.373. The molecule has 3 aliphatic carbocycles. The zero-order valence-electron chi connectivity index (χ0n) is 22.6. The topological polar surface area (TPSA) is 154 Å². The number of Topliss-reactive ketones (excluding diaryl/α,β-unsaturated/α-hetero) is 2. The number of primary amides is 1. The monoisotopic (exact) mass is 579 g/mol. The number of likely N-dealkylation sites (N-methyl/N-ethyl adjacent to an activating group) is 1. The number of aliphatic hydroxyl groups excluding tert-OH is 2. The molecule has 0 radical (unpaired) electrons. The Morgan fingerprint density at radius 1 is 1.17 bits per heavy atom. The largest absolute Gasteiger partial charge is 0.573 e. The number of ketones is 2. The van der Waals surface area contributed by atoms with E-state index in [2.05, 4.69) is 4.74 Å². The van der Waals surface area contributed by atoms with Crippen molar-refractivity contribution in [1.82, 2.24) is 9.80 Å². The molecule has 5 N–H and O–H groups in total. The smallest absolute Gasteiger partial charge is 0.511 e. The van der Waals surface area contributed by atoms with Crippen molar-refractivity contribution in [3.05, 3.63) is 45.4 Å². The summed E-state index contributed by atoms with van der Waals surface area (Å²) in [5.41, 5.74) is 4.06. The fourth-order valence-corrected chi connectivity index (χ4v) is 7.03. The van der Waals surface area contributed by atoms with Crippen molar-refractivity contribution in [2.24, 2.45) is 23.5 Å². The van der Waals surface area contributed by atoms with Crippen molar-refractivity contribution in [1.29, 1.82) is 0 Å². The van der Waals surface area contributed by atoms with Crippen molar-refractivity contribution in [3.63, 3.8) is 0 Å². The lowest BCUT2D eigenvalue weighted by Crippen LogP contribution is -2.54. The number of phenolic OH excluding ortho intramolecular Hbond substituents is 1. The van der Waals surface area contributed by atoms with Gasteiger partial charge in [-0.05, 0) is 70.3 Å². The molecule has 0 spiro atoms. The Bertz CT molecular complexity index is 1380. The molecule has 1 aliphatic heterocycles. The van der Waals surface area contributed by atoms with E-state index in [1.807, 2.05) is 4.90 Å². The van der Waals surface area contributed by atoms with Gasteiger partial charge in [-0.1, -0.05) is 6.92 Å². The Labute approximate surface area is 233 Å². The minimum Gasteiger partial charge on any atom is -0.511 e. The van der Waals surface area contributed by atoms with Gasteiger partial charge in [-0.15, -0.1) is 13.2 Å². The average Bonchev–Trinajstić information content (AvgIpc) is 3.37. The van der Waals surface area contributed by atoms with E-state index in [9.17, 15) is 42.9 Å². The number of carbonyl (C=O) groups is 3. The molecule has 1 heterocycles. The number of hydrogen-bond acceptors (Lipinski definition) is 9. The molecule has 1 saturated heterocycles. The van der Waals surface area contributed by atoms with Gasteiger partial charge < -0.3 is 25.8 Å². The average molecular weight is 580 g/mol. The summed E-state index contributed by atoms with van der Waals surface area (Å²) in [7, 11) is 1.64. The summed E-state index contributed by atoms with van der Waals surface area (Å²) in [4.78, 5) is 42.9. The van der Waals surface area contributed by atoms with Crippen LogP contribution in [-0.2, 0) is 22.6 Å². The predicted octanol–water partition coefficient (Wildman–Crippen LogP) is 2.89. The molecule has 5 rings (SSSR count). The molecule has 222 valence electrons. The molecular weight excluding hydrogens is 547 g/mol. The highest BCUT2D eigenvalue weighted by atomic mass is 19.4. The van der Waals surface area contributed by atoms with Gasteiger partial charge in [0.2, 0.25) is 0 Å². The molecule has 4 aliphatic rings. The van der Waals surface area contributed by atoms with Gasteiger partial charge in [0.15, 0.2) is 11.6 Å². The third kappa shape index (κ3) is 4.84. The van der Waals surface area contributed by atoms with Crippen LogP contribution >= 0.6 is 0 Å². The normalized spacial score (nSPS) is 26.8. The molecule has 0 saturated carbocycles. The zero-order valence-corrected chi connectivity index (χ0v) is 22.6. The number of benzene rings is 1. The summed E-state index contributed by atoms with van der Waals surface area (Å²) in [6.45, 7) is 3.56. The minimum atomic E-state index is -5.07. The van der Waals surface area contributed by atoms with E-state index in [-0.39, 0.29) is 36.1 Å². The maximum absolute atomic E-state index is 13.8. The number of fused-ring (bicyclic) bond motifs is 3. The Kier molecular flexibility index (Phi) is 7.31. The number of ether oxygens (including phenoxy) is 1. The summed E-state index contributed by atoms with van der Waals surface area (Å²) in [5, 5.41) is 33.2. The molecule has 41 heavy (non-hydrogen) atoms. The van der Waals surface area contributed by atoms with Crippen LogP contribution in [0.4, 0.5) is 13.2 Å². The Hall–Kier alpha value is -3.58. The highest BCUT2D eigenvalue weighted by Gasteiger charge is 2.55. The number of amides is 1. The number of rotatable bonds is 6. The van der Waals surface area contributed by atoms with Gasteiger partial charge in [0, 0.05) is 23.2 Å².